The number of hydrogen-bond donors (Lipinski definition) is 3. The SMILES string of the molecule is O=C(C=Cc1ccccc1)O[C@@H]1OC[C@@H](O)[C@H](O)[C@H]1O. The van der Waals surface area contributed by atoms with Crippen LogP contribution in [-0.4, -0.2) is 52.5 Å². The molecule has 6 heteroatoms. The second-order valence-electron chi connectivity index (χ2n) is 4.43. The van der Waals surface area contributed by atoms with Gasteiger partial charge in [0.15, 0.2) is 0 Å². The van der Waals surface area contributed by atoms with Crippen LogP contribution in [0, 0.1) is 0 Å². The van der Waals surface area contributed by atoms with Gasteiger partial charge in [0, 0.05) is 6.08 Å². The maximum absolute atomic E-state index is 11.6. The van der Waals surface area contributed by atoms with E-state index in [-0.39, 0.29) is 6.61 Å². The lowest BCUT2D eigenvalue weighted by Crippen LogP contribution is -2.54. The summed E-state index contributed by atoms with van der Waals surface area (Å²) < 4.78 is 9.83. The number of ether oxygens (including phenoxy) is 2. The monoisotopic (exact) mass is 280 g/mol. The average Bonchev–Trinajstić information content (AvgIpc) is 2.47. The van der Waals surface area contributed by atoms with E-state index in [1.807, 2.05) is 30.3 Å². The third kappa shape index (κ3) is 3.64. The normalized spacial score (nSPS) is 30.4. The first-order valence-corrected chi connectivity index (χ1v) is 6.17. The average molecular weight is 280 g/mol. The quantitative estimate of drug-likeness (QED) is 0.519. The Hall–Kier alpha value is -1.73. The van der Waals surface area contributed by atoms with Crippen molar-refractivity contribution in [3.63, 3.8) is 0 Å². The van der Waals surface area contributed by atoms with Crippen molar-refractivity contribution in [2.24, 2.45) is 0 Å². The van der Waals surface area contributed by atoms with Gasteiger partial charge in [-0.05, 0) is 11.6 Å². The Morgan fingerprint density at radius 1 is 1.20 bits per heavy atom. The van der Waals surface area contributed by atoms with E-state index in [1.165, 1.54) is 6.08 Å². The molecule has 1 heterocycles. The molecular formula is C14H16O6. The van der Waals surface area contributed by atoms with Crippen molar-refractivity contribution in [2.45, 2.75) is 24.6 Å². The zero-order valence-corrected chi connectivity index (χ0v) is 10.6. The lowest BCUT2D eigenvalue weighted by Gasteiger charge is -2.34. The molecule has 2 rings (SSSR count). The maximum atomic E-state index is 11.6. The number of esters is 1. The molecule has 1 fully saturated rings. The molecule has 0 saturated carbocycles. The number of benzene rings is 1. The second-order valence-corrected chi connectivity index (χ2v) is 4.43. The molecule has 0 radical (unpaired) electrons. The number of aliphatic hydroxyl groups is 3. The molecule has 1 aromatic rings. The van der Waals surface area contributed by atoms with Crippen molar-refractivity contribution in [3.8, 4) is 0 Å². The molecule has 3 N–H and O–H groups in total. The third-order valence-corrected chi connectivity index (χ3v) is 2.90. The largest absolute Gasteiger partial charge is 0.430 e. The van der Waals surface area contributed by atoms with Crippen molar-refractivity contribution < 1.29 is 29.6 Å². The molecular weight excluding hydrogens is 264 g/mol. The predicted molar refractivity (Wildman–Crippen MR) is 69.3 cm³/mol. The molecule has 1 saturated heterocycles. The van der Waals surface area contributed by atoms with Gasteiger partial charge in [0.1, 0.15) is 18.3 Å². The molecule has 0 unspecified atom stereocenters. The number of hydrogen-bond acceptors (Lipinski definition) is 6. The van der Waals surface area contributed by atoms with Gasteiger partial charge in [-0.2, -0.15) is 0 Å². The highest BCUT2D eigenvalue weighted by Crippen LogP contribution is 2.17. The molecule has 1 aliphatic heterocycles. The molecule has 4 atom stereocenters. The van der Waals surface area contributed by atoms with E-state index >= 15 is 0 Å². The summed E-state index contributed by atoms with van der Waals surface area (Å²) in [6.45, 7) is -0.210. The van der Waals surface area contributed by atoms with Gasteiger partial charge in [0.2, 0.25) is 6.29 Å². The summed E-state index contributed by atoms with van der Waals surface area (Å²) in [4.78, 5) is 11.6. The molecule has 6 nitrogen and oxygen atoms in total. The van der Waals surface area contributed by atoms with Gasteiger partial charge in [-0.3, -0.25) is 0 Å². The molecule has 0 bridgehead atoms. The minimum atomic E-state index is -1.48. The van der Waals surface area contributed by atoms with Crippen molar-refractivity contribution in [3.05, 3.63) is 42.0 Å². The maximum Gasteiger partial charge on any atom is 0.333 e. The Bertz CT molecular complexity index is 472. The fourth-order valence-electron chi connectivity index (χ4n) is 1.77. The van der Waals surface area contributed by atoms with Crippen LogP contribution in [0.3, 0.4) is 0 Å². The van der Waals surface area contributed by atoms with Crippen LogP contribution in [-0.2, 0) is 14.3 Å². The molecule has 0 amide bonds. The van der Waals surface area contributed by atoms with Gasteiger partial charge in [-0.1, -0.05) is 30.3 Å². The van der Waals surface area contributed by atoms with E-state index in [4.69, 9.17) is 9.47 Å². The van der Waals surface area contributed by atoms with Crippen LogP contribution in [0.4, 0.5) is 0 Å². The zero-order valence-electron chi connectivity index (χ0n) is 10.6. The van der Waals surface area contributed by atoms with E-state index in [9.17, 15) is 20.1 Å². The first kappa shape index (κ1) is 14.7. The molecule has 0 aromatic heterocycles. The fraction of sp³-hybridized carbons (Fsp3) is 0.357. The molecule has 20 heavy (non-hydrogen) atoms. The van der Waals surface area contributed by atoms with Crippen LogP contribution in [0.5, 0.6) is 0 Å². The number of carbonyl (C=O) groups excluding carboxylic acids is 1. The third-order valence-electron chi connectivity index (χ3n) is 2.90. The standard InChI is InChI=1S/C14H16O6/c15-10-8-19-14(13(18)12(10)17)20-11(16)7-6-9-4-2-1-3-5-9/h1-7,10,12-15,17-18H,8H2/t10-,12+,13-,14+/m1/s1. The van der Waals surface area contributed by atoms with Crippen LogP contribution >= 0.6 is 0 Å². The number of aliphatic hydroxyl groups excluding tert-OH is 3. The van der Waals surface area contributed by atoms with Gasteiger partial charge >= 0.3 is 5.97 Å². The van der Waals surface area contributed by atoms with E-state index in [1.54, 1.807) is 6.08 Å². The number of rotatable bonds is 3. The molecule has 1 aromatic carbocycles. The van der Waals surface area contributed by atoms with Gasteiger partial charge in [-0.25, -0.2) is 4.79 Å². The van der Waals surface area contributed by atoms with Crippen molar-refractivity contribution >= 4 is 12.0 Å². The van der Waals surface area contributed by atoms with Crippen LogP contribution < -0.4 is 0 Å². The summed E-state index contributed by atoms with van der Waals surface area (Å²) in [5.74, 6) is -0.707. The smallest absolute Gasteiger partial charge is 0.333 e. The minimum Gasteiger partial charge on any atom is -0.430 e. The Balaban J connectivity index is 1.90. The Kier molecular flexibility index (Phi) is 4.86. The Morgan fingerprint density at radius 2 is 1.90 bits per heavy atom. The highest BCUT2D eigenvalue weighted by molar-refractivity contribution is 5.87. The van der Waals surface area contributed by atoms with Crippen molar-refractivity contribution in [1.82, 2.24) is 0 Å². The van der Waals surface area contributed by atoms with Gasteiger partial charge in [-0.15, -0.1) is 0 Å². The zero-order chi connectivity index (χ0) is 14.5. The number of carbonyl (C=O) groups is 1. The van der Waals surface area contributed by atoms with E-state index in [0.29, 0.717) is 0 Å². The van der Waals surface area contributed by atoms with Crippen LogP contribution in [0.1, 0.15) is 5.56 Å². The molecule has 108 valence electrons. The lowest BCUT2D eigenvalue weighted by atomic mass is 10.1. The minimum absolute atomic E-state index is 0.210. The topological polar surface area (TPSA) is 96.2 Å². The van der Waals surface area contributed by atoms with Gasteiger partial charge < -0.3 is 24.8 Å². The summed E-state index contributed by atoms with van der Waals surface area (Å²) in [6, 6.07) is 9.15. The Morgan fingerprint density at radius 3 is 2.60 bits per heavy atom. The summed E-state index contributed by atoms with van der Waals surface area (Å²) in [7, 11) is 0. The first-order chi connectivity index (χ1) is 9.58. The van der Waals surface area contributed by atoms with E-state index < -0.39 is 30.6 Å². The highest BCUT2D eigenvalue weighted by atomic mass is 16.7. The van der Waals surface area contributed by atoms with Crippen LogP contribution in [0.25, 0.3) is 6.08 Å². The van der Waals surface area contributed by atoms with E-state index in [2.05, 4.69) is 0 Å². The van der Waals surface area contributed by atoms with Gasteiger partial charge in [0.05, 0.1) is 6.61 Å². The second kappa shape index (κ2) is 6.62. The highest BCUT2D eigenvalue weighted by Gasteiger charge is 2.39. The van der Waals surface area contributed by atoms with Crippen LogP contribution in [0.15, 0.2) is 36.4 Å². The summed E-state index contributed by atoms with van der Waals surface area (Å²) in [5.41, 5.74) is 0.824. The fourth-order valence-corrected chi connectivity index (χ4v) is 1.77. The lowest BCUT2D eigenvalue weighted by molar-refractivity contribution is -0.260. The van der Waals surface area contributed by atoms with Crippen molar-refractivity contribution in [2.75, 3.05) is 6.61 Å². The summed E-state index contributed by atoms with van der Waals surface area (Å²) in [6.07, 6.45) is -2.61. The first-order valence-electron chi connectivity index (χ1n) is 6.17. The van der Waals surface area contributed by atoms with E-state index in [0.717, 1.165) is 5.56 Å². The van der Waals surface area contributed by atoms with Crippen LogP contribution in [0.2, 0.25) is 0 Å². The molecule has 1 aliphatic rings. The summed E-state index contributed by atoms with van der Waals surface area (Å²) >= 11 is 0. The predicted octanol–water partition coefficient (Wildman–Crippen LogP) is -0.318. The molecule has 0 spiro atoms. The Labute approximate surface area is 115 Å². The molecule has 0 aliphatic carbocycles. The summed E-state index contributed by atoms with van der Waals surface area (Å²) in [5, 5.41) is 28.3. The van der Waals surface area contributed by atoms with Crippen molar-refractivity contribution in [1.29, 1.82) is 0 Å². The van der Waals surface area contributed by atoms with Gasteiger partial charge in [0.25, 0.3) is 0 Å².